The molecule has 0 N–H and O–H groups in total. The van der Waals surface area contributed by atoms with Gasteiger partial charge in [0.2, 0.25) is 0 Å². The first-order valence-corrected chi connectivity index (χ1v) is 5.51. The zero-order valence-corrected chi connectivity index (χ0v) is 10.0. The molecule has 0 atom stereocenters. The normalized spacial score (nSPS) is 10.4. The molecule has 2 rings (SSSR count). The number of hydrogen-bond donors (Lipinski definition) is 0. The molecule has 1 aromatic heterocycles. The van der Waals surface area contributed by atoms with Crippen LogP contribution in [0.2, 0.25) is 5.15 Å². The lowest BCUT2D eigenvalue weighted by atomic mass is 10.3. The third-order valence-electron chi connectivity index (χ3n) is 2.40. The quantitative estimate of drug-likeness (QED) is 0.819. The molecule has 1 heterocycles. The van der Waals surface area contributed by atoms with Crippen LogP contribution in [0.5, 0.6) is 5.75 Å². The second kappa shape index (κ2) is 4.58. The zero-order valence-electron chi connectivity index (χ0n) is 9.27. The molecule has 0 fully saturated rings. The molecular formula is C12H13ClN2O. The predicted octanol–water partition coefficient (Wildman–Crippen LogP) is 3.10. The minimum Gasteiger partial charge on any atom is -0.497 e. The first kappa shape index (κ1) is 11.0. The molecule has 0 aliphatic rings. The number of rotatable bonds is 3. The van der Waals surface area contributed by atoms with Crippen molar-refractivity contribution in [2.24, 2.45) is 0 Å². The van der Waals surface area contributed by atoms with Crippen LogP contribution in [0.1, 0.15) is 12.6 Å². The molecule has 16 heavy (non-hydrogen) atoms. The third-order valence-corrected chi connectivity index (χ3v) is 2.66. The summed E-state index contributed by atoms with van der Waals surface area (Å²) in [6.45, 7) is 2.05. The van der Waals surface area contributed by atoms with Gasteiger partial charge in [-0.3, -0.25) is 0 Å². The number of halogens is 1. The second-order valence-electron chi connectivity index (χ2n) is 3.42. The van der Waals surface area contributed by atoms with Gasteiger partial charge < -0.3 is 4.74 Å². The third kappa shape index (κ3) is 2.04. The van der Waals surface area contributed by atoms with Crippen LogP contribution in [0.3, 0.4) is 0 Å². The Bertz CT molecular complexity index is 476. The Morgan fingerprint density at radius 3 is 2.50 bits per heavy atom. The molecule has 0 saturated carbocycles. The van der Waals surface area contributed by atoms with Gasteiger partial charge in [0.15, 0.2) is 0 Å². The highest BCUT2D eigenvalue weighted by molar-refractivity contribution is 6.29. The minimum absolute atomic E-state index is 0.627. The summed E-state index contributed by atoms with van der Waals surface area (Å²) in [7, 11) is 1.64. The van der Waals surface area contributed by atoms with Gasteiger partial charge in [0.1, 0.15) is 10.9 Å². The molecule has 0 unspecified atom stereocenters. The summed E-state index contributed by atoms with van der Waals surface area (Å²) in [5.74, 6) is 0.822. The fourth-order valence-electron chi connectivity index (χ4n) is 1.48. The van der Waals surface area contributed by atoms with Crippen LogP contribution >= 0.6 is 11.6 Å². The lowest BCUT2D eigenvalue weighted by molar-refractivity contribution is 0.414. The fraction of sp³-hybridized carbons (Fsp3) is 0.250. The van der Waals surface area contributed by atoms with Crippen LogP contribution in [-0.2, 0) is 6.42 Å². The van der Waals surface area contributed by atoms with E-state index in [9.17, 15) is 0 Å². The van der Waals surface area contributed by atoms with Gasteiger partial charge in [0.25, 0.3) is 0 Å². The Morgan fingerprint density at radius 2 is 2.00 bits per heavy atom. The number of methoxy groups -OCH3 is 1. The van der Waals surface area contributed by atoms with E-state index in [2.05, 4.69) is 12.0 Å². The number of ether oxygens (including phenoxy) is 1. The highest BCUT2D eigenvalue weighted by Gasteiger charge is 2.06. The van der Waals surface area contributed by atoms with Crippen molar-refractivity contribution in [1.82, 2.24) is 9.78 Å². The van der Waals surface area contributed by atoms with E-state index in [1.54, 1.807) is 11.8 Å². The van der Waals surface area contributed by atoms with Gasteiger partial charge in [0.05, 0.1) is 18.5 Å². The van der Waals surface area contributed by atoms with Gasteiger partial charge in [-0.1, -0.05) is 18.5 Å². The molecule has 2 aromatic rings. The highest BCUT2D eigenvalue weighted by Crippen LogP contribution is 2.20. The first-order chi connectivity index (χ1) is 7.74. The van der Waals surface area contributed by atoms with Gasteiger partial charge in [-0.05, 0) is 36.8 Å². The molecule has 84 valence electrons. The van der Waals surface area contributed by atoms with Crippen LogP contribution in [-0.4, -0.2) is 16.9 Å². The molecule has 0 bridgehead atoms. The maximum atomic E-state index is 6.10. The Kier molecular flexibility index (Phi) is 3.15. The van der Waals surface area contributed by atoms with E-state index in [0.29, 0.717) is 5.15 Å². The van der Waals surface area contributed by atoms with E-state index < -0.39 is 0 Å². The molecule has 3 nitrogen and oxygen atoms in total. The molecule has 0 aliphatic heterocycles. The summed E-state index contributed by atoms with van der Waals surface area (Å²) >= 11 is 6.10. The molecule has 0 radical (unpaired) electrons. The Labute approximate surface area is 99.6 Å². The Morgan fingerprint density at radius 1 is 1.31 bits per heavy atom. The maximum absolute atomic E-state index is 6.10. The number of nitrogens with zero attached hydrogens (tertiary/aromatic N) is 2. The van der Waals surface area contributed by atoms with Gasteiger partial charge >= 0.3 is 0 Å². The number of benzene rings is 1. The fourth-order valence-corrected chi connectivity index (χ4v) is 1.74. The van der Waals surface area contributed by atoms with Gasteiger partial charge in [0, 0.05) is 0 Å². The summed E-state index contributed by atoms with van der Waals surface area (Å²) in [6, 6.07) is 9.51. The second-order valence-corrected chi connectivity index (χ2v) is 3.81. The minimum atomic E-state index is 0.627. The van der Waals surface area contributed by atoms with Crippen molar-refractivity contribution < 1.29 is 4.74 Å². The first-order valence-electron chi connectivity index (χ1n) is 5.13. The van der Waals surface area contributed by atoms with Crippen molar-refractivity contribution >= 4 is 11.6 Å². The molecule has 0 amide bonds. The van der Waals surface area contributed by atoms with Crippen LogP contribution < -0.4 is 4.74 Å². The van der Waals surface area contributed by atoms with Crippen molar-refractivity contribution in [3.63, 3.8) is 0 Å². The molecule has 0 saturated heterocycles. The predicted molar refractivity (Wildman–Crippen MR) is 64.5 cm³/mol. The van der Waals surface area contributed by atoms with E-state index >= 15 is 0 Å². The zero-order chi connectivity index (χ0) is 11.5. The lowest BCUT2D eigenvalue weighted by Gasteiger charge is -2.04. The van der Waals surface area contributed by atoms with Crippen molar-refractivity contribution in [1.29, 1.82) is 0 Å². The van der Waals surface area contributed by atoms with Gasteiger partial charge in [-0.15, -0.1) is 0 Å². The van der Waals surface area contributed by atoms with E-state index in [1.807, 2.05) is 30.3 Å². The van der Waals surface area contributed by atoms with Crippen molar-refractivity contribution in [2.45, 2.75) is 13.3 Å². The highest BCUT2D eigenvalue weighted by atomic mass is 35.5. The molecule has 0 spiro atoms. The van der Waals surface area contributed by atoms with Crippen LogP contribution in [0.4, 0.5) is 0 Å². The Balaban J connectivity index is 2.38. The van der Waals surface area contributed by atoms with E-state index in [4.69, 9.17) is 16.3 Å². The SMILES string of the molecule is CCc1cc(Cl)n(-c2ccc(OC)cc2)n1. The topological polar surface area (TPSA) is 27.1 Å². The molecular weight excluding hydrogens is 224 g/mol. The van der Waals surface area contributed by atoms with Crippen molar-refractivity contribution in [3.05, 3.63) is 41.2 Å². The summed E-state index contributed by atoms with van der Waals surface area (Å²) < 4.78 is 6.82. The number of hydrogen-bond acceptors (Lipinski definition) is 2. The Hall–Kier alpha value is -1.48. The van der Waals surface area contributed by atoms with Gasteiger partial charge in [-0.25, -0.2) is 4.68 Å². The van der Waals surface area contributed by atoms with Gasteiger partial charge in [-0.2, -0.15) is 5.10 Å². The number of aromatic nitrogens is 2. The molecule has 4 heteroatoms. The van der Waals surface area contributed by atoms with Crippen molar-refractivity contribution in [2.75, 3.05) is 7.11 Å². The largest absolute Gasteiger partial charge is 0.497 e. The van der Waals surface area contributed by atoms with Crippen LogP contribution in [0, 0.1) is 0 Å². The number of aryl methyl sites for hydroxylation is 1. The molecule has 0 aliphatic carbocycles. The van der Waals surface area contributed by atoms with Crippen LogP contribution in [0.15, 0.2) is 30.3 Å². The lowest BCUT2D eigenvalue weighted by Crippen LogP contribution is -1.97. The maximum Gasteiger partial charge on any atom is 0.133 e. The van der Waals surface area contributed by atoms with E-state index in [-0.39, 0.29) is 0 Å². The van der Waals surface area contributed by atoms with E-state index in [0.717, 1.165) is 23.6 Å². The molecule has 1 aromatic carbocycles. The summed E-state index contributed by atoms with van der Waals surface area (Å²) in [4.78, 5) is 0. The average molecular weight is 237 g/mol. The summed E-state index contributed by atoms with van der Waals surface area (Å²) in [5, 5.41) is 5.02. The average Bonchev–Trinajstić information content (AvgIpc) is 2.71. The van der Waals surface area contributed by atoms with E-state index in [1.165, 1.54) is 0 Å². The summed E-state index contributed by atoms with van der Waals surface area (Å²) in [5.41, 5.74) is 1.92. The van der Waals surface area contributed by atoms with Crippen LogP contribution in [0.25, 0.3) is 5.69 Å². The standard InChI is InChI=1S/C12H13ClN2O/c1-3-9-8-12(13)15(14-9)10-4-6-11(16-2)7-5-10/h4-8H,3H2,1-2H3. The monoisotopic (exact) mass is 236 g/mol. The summed E-state index contributed by atoms with van der Waals surface area (Å²) in [6.07, 6.45) is 0.878. The van der Waals surface area contributed by atoms with Crippen molar-refractivity contribution in [3.8, 4) is 11.4 Å². The smallest absolute Gasteiger partial charge is 0.133 e.